The van der Waals surface area contributed by atoms with Crippen molar-refractivity contribution in [1.29, 1.82) is 0 Å². The van der Waals surface area contributed by atoms with E-state index in [2.05, 4.69) is 48.5 Å². The fourth-order valence-electron chi connectivity index (χ4n) is 3.43. The van der Waals surface area contributed by atoms with Gasteiger partial charge < -0.3 is 19.9 Å². The quantitative estimate of drug-likeness (QED) is 0.490. The first-order valence-electron chi connectivity index (χ1n) is 10.0. The van der Waals surface area contributed by atoms with Gasteiger partial charge in [-0.05, 0) is 61.7 Å². The maximum Gasteiger partial charge on any atom is 0.269 e. The van der Waals surface area contributed by atoms with Gasteiger partial charge in [0.25, 0.3) is 5.91 Å². The molecule has 7 nitrogen and oxygen atoms in total. The minimum Gasteiger partial charge on any atom is -0.457 e. The Kier molecular flexibility index (Phi) is 5.33. The molecule has 0 radical (unpaired) electrons. The van der Waals surface area contributed by atoms with Gasteiger partial charge in [0.15, 0.2) is 0 Å². The molecule has 0 saturated heterocycles. The number of hydrogen-bond acceptors (Lipinski definition) is 5. The number of ether oxygens (including phenoxy) is 1. The van der Waals surface area contributed by atoms with Gasteiger partial charge in [-0.1, -0.05) is 6.07 Å². The van der Waals surface area contributed by atoms with Gasteiger partial charge >= 0.3 is 0 Å². The molecule has 2 N–H and O–H groups in total. The van der Waals surface area contributed by atoms with Crippen molar-refractivity contribution in [2.24, 2.45) is 7.05 Å². The Morgan fingerprint density at radius 3 is 2.48 bits per heavy atom. The zero-order valence-corrected chi connectivity index (χ0v) is 18.3. The number of aromatic nitrogens is 3. The molecule has 0 bridgehead atoms. The second-order valence-corrected chi connectivity index (χ2v) is 7.58. The summed E-state index contributed by atoms with van der Waals surface area (Å²) in [7, 11) is 3.55. The molecule has 2 aromatic carbocycles. The van der Waals surface area contributed by atoms with E-state index in [1.807, 2.05) is 29.8 Å². The van der Waals surface area contributed by atoms with Crippen LogP contribution < -0.4 is 15.4 Å². The number of amides is 1. The Hall–Kier alpha value is -3.87. The molecule has 4 rings (SSSR count). The zero-order valence-electron chi connectivity index (χ0n) is 18.3. The molecule has 4 aromatic rings. The molecule has 0 unspecified atom stereocenters. The van der Waals surface area contributed by atoms with Crippen molar-refractivity contribution in [3.8, 4) is 11.5 Å². The zero-order chi connectivity index (χ0) is 22.1. The lowest BCUT2D eigenvalue weighted by Crippen LogP contribution is -2.18. The molecule has 0 fully saturated rings. The summed E-state index contributed by atoms with van der Waals surface area (Å²) in [6.45, 7) is 6.31. The molecule has 0 atom stereocenters. The number of nitrogens with zero attached hydrogens (tertiary/aromatic N) is 3. The topological polar surface area (TPSA) is 81.1 Å². The Balaban J connectivity index is 1.62. The summed E-state index contributed by atoms with van der Waals surface area (Å²) in [4.78, 5) is 20.6. The molecule has 7 heteroatoms. The van der Waals surface area contributed by atoms with E-state index < -0.39 is 0 Å². The Morgan fingerprint density at radius 2 is 1.71 bits per heavy atom. The van der Waals surface area contributed by atoms with E-state index in [0.29, 0.717) is 17.2 Å². The molecule has 0 saturated carbocycles. The van der Waals surface area contributed by atoms with Crippen LogP contribution >= 0.6 is 0 Å². The van der Waals surface area contributed by atoms with Crippen LogP contribution in [0.2, 0.25) is 0 Å². The van der Waals surface area contributed by atoms with Crippen LogP contribution in [-0.4, -0.2) is 27.5 Å². The molecule has 1 amide bonds. The number of pyridine rings is 1. The molecule has 0 aliphatic carbocycles. The van der Waals surface area contributed by atoms with E-state index in [4.69, 9.17) is 9.72 Å². The SMILES string of the molecule is CNC(=O)c1cc(Oc2ccc3c(c2)nc(Nc2cc(C)c(C)cc2C)n3C)ccn1. The summed E-state index contributed by atoms with van der Waals surface area (Å²) < 4.78 is 7.97. The van der Waals surface area contributed by atoms with Gasteiger partial charge in [-0.15, -0.1) is 0 Å². The number of anilines is 2. The van der Waals surface area contributed by atoms with Crippen molar-refractivity contribution in [3.05, 3.63) is 71.0 Å². The number of rotatable bonds is 5. The van der Waals surface area contributed by atoms with Gasteiger partial charge in [-0.3, -0.25) is 9.78 Å². The first-order valence-corrected chi connectivity index (χ1v) is 10.0. The monoisotopic (exact) mass is 415 g/mol. The predicted octanol–water partition coefficient (Wildman–Crippen LogP) is 4.79. The van der Waals surface area contributed by atoms with Gasteiger partial charge in [0.2, 0.25) is 5.95 Å². The first kappa shape index (κ1) is 20.4. The highest BCUT2D eigenvalue weighted by atomic mass is 16.5. The minimum absolute atomic E-state index is 0.261. The maximum atomic E-state index is 11.8. The van der Waals surface area contributed by atoms with Gasteiger partial charge in [-0.25, -0.2) is 4.98 Å². The fraction of sp³-hybridized carbons (Fsp3) is 0.208. The predicted molar refractivity (Wildman–Crippen MR) is 122 cm³/mol. The van der Waals surface area contributed by atoms with Crippen LogP contribution in [-0.2, 0) is 7.05 Å². The van der Waals surface area contributed by atoms with E-state index in [1.165, 1.54) is 16.7 Å². The van der Waals surface area contributed by atoms with Crippen molar-refractivity contribution in [2.45, 2.75) is 20.8 Å². The number of fused-ring (bicyclic) bond motifs is 1. The average molecular weight is 415 g/mol. The summed E-state index contributed by atoms with van der Waals surface area (Å²) in [5.74, 6) is 1.66. The summed E-state index contributed by atoms with van der Waals surface area (Å²) in [6, 6.07) is 13.4. The lowest BCUT2D eigenvalue weighted by atomic mass is 10.1. The van der Waals surface area contributed by atoms with Crippen molar-refractivity contribution >= 4 is 28.6 Å². The molecule has 2 heterocycles. The smallest absolute Gasteiger partial charge is 0.269 e. The molecule has 0 spiro atoms. The summed E-state index contributed by atoms with van der Waals surface area (Å²) >= 11 is 0. The summed E-state index contributed by atoms with van der Waals surface area (Å²) in [5, 5.41) is 6.01. The molecular weight excluding hydrogens is 390 g/mol. The highest BCUT2D eigenvalue weighted by Crippen LogP contribution is 2.29. The molecule has 158 valence electrons. The second kappa shape index (κ2) is 8.10. The van der Waals surface area contributed by atoms with Crippen LogP contribution in [0.15, 0.2) is 48.7 Å². The first-order chi connectivity index (χ1) is 14.9. The van der Waals surface area contributed by atoms with Gasteiger partial charge in [0, 0.05) is 38.1 Å². The van der Waals surface area contributed by atoms with Crippen molar-refractivity contribution in [3.63, 3.8) is 0 Å². The van der Waals surface area contributed by atoms with Gasteiger partial charge in [0.1, 0.15) is 17.2 Å². The number of aryl methyl sites for hydroxylation is 4. The van der Waals surface area contributed by atoms with Crippen LogP contribution in [0, 0.1) is 20.8 Å². The average Bonchev–Trinajstić information content (AvgIpc) is 3.06. The van der Waals surface area contributed by atoms with Crippen molar-refractivity contribution in [1.82, 2.24) is 19.9 Å². The van der Waals surface area contributed by atoms with Crippen molar-refractivity contribution in [2.75, 3.05) is 12.4 Å². The van der Waals surface area contributed by atoms with Gasteiger partial charge in [-0.2, -0.15) is 0 Å². The second-order valence-electron chi connectivity index (χ2n) is 7.58. The van der Waals surface area contributed by atoms with Crippen LogP contribution in [0.4, 0.5) is 11.6 Å². The highest BCUT2D eigenvalue weighted by Gasteiger charge is 2.12. The number of nitrogens with one attached hydrogen (secondary N) is 2. The molecule has 2 aromatic heterocycles. The highest BCUT2D eigenvalue weighted by molar-refractivity contribution is 5.92. The van der Waals surface area contributed by atoms with E-state index in [-0.39, 0.29) is 5.91 Å². The molecule has 0 aliphatic rings. The van der Waals surface area contributed by atoms with Crippen LogP contribution in [0.3, 0.4) is 0 Å². The number of imidazole rings is 1. The van der Waals surface area contributed by atoms with E-state index >= 15 is 0 Å². The minimum atomic E-state index is -0.261. The molecule has 0 aliphatic heterocycles. The van der Waals surface area contributed by atoms with Crippen LogP contribution in [0.1, 0.15) is 27.2 Å². The third kappa shape index (κ3) is 4.07. The third-order valence-corrected chi connectivity index (χ3v) is 5.37. The lowest BCUT2D eigenvalue weighted by molar-refractivity contribution is 0.0958. The lowest BCUT2D eigenvalue weighted by Gasteiger charge is -2.12. The fourth-order valence-corrected chi connectivity index (χ4v) is 3.43. The largest absolute Gasteiger partial charge is 0.457 e. The summed E-state index contributed by atoms with van der Waals surface area (Å²) in [6.07, 6.45) is 1.55. The summed E-state index contributed by atoms with van der Waals surface area (Å²) in [5.41, 5.74) is 6.80. The third-order valence-electron chi connectivity index (χ3n) is 5.37. The number of carbonyl (C=O) groups is 1. The Bertz CT molecular complexity index is 1290. The van der Waals surface area contributed by atoms with Crippen molar-refractivity contribution < 1.29 is 9.53 Å². The van der Waals surface area contributed by atoms with E-state index in [1.54, 1.807) is 25.4 Å². The van der Waals surface area contributed by atoms with Crippen LogP contribution in [0.25, 0.3) is 11.0 Å². The Labute approximate surface area is 181 Å². The molecular formula is C24H25N5O2. The normalized spacial score (nSPS) is 10.9. The van der Waals surface area contributed by atoms with E-state index in [0.717, 1.165) is 22.7 Å². The number of benzene rings is 2. The van der Waals surface area contributed by atoms with Gasteiger partial charge in [0.05, 0.1) is 11.0 Å². The maximum absolute atomic E-state index is 11.8. The number of hydrogen-bond donors (Lipinski definition) is 2. The molecule has 31 heavy (non-hydrogen) atoms. The standard InChI is InChI=1S/C24H25N5O2/c1-14-10-16(3)19(11-15(14)2)27-24-28-20-12-17(6-7-22(20)29(24)5)31-18-8-9-26-21(13-18)23(30)25-4/h6-13H,1-5H3,(H,25,30)(H,27,28). The Morgan fingerprint density at radius 1 is 0.968 bits per heavy atom. The van der Waals surface area contributed by atoms with E-state index in [9.17, 15) is 4.79 Å². The van der Waals surface area contributed by atoms with Crippen LogP contribution in [0.5, 0.6) is 11.5 Å². The number of carbonyl (C=O) groups excluding carboxylic acids is 1.